The van der Waals surface area contributed by atoms with Gasteiger partial charge in [0.05, 0.1) is 21.3 Å². The fourth-order valence-corrected chi connectivity index (χ4v) is 4.34. The number of rotatable bonds is 6. The average molecular weight is 395 g/mol. The standard InChI is InChI=1S/C23H25NO5/c1-27-16-6-5-14-9-15(13-23(22(25)26)7-4-8-24-23)18-11-20(28-2)21(29-3)12-19(18)17(14)10-16/h5-6,9-12,24H,4,7-8,13H2,1-3H3,(H,25,26)/t23-/m0/s1. The van der Waals surface area contributed by atoms with E-state index in [-0.39, 0.29) is 0 Å². The Morgan fingerprint density at radius 3 is 2.31 bits per heavy atom. The number of carboxylic acids is 1. The van der Waals surface area contributed by atoms with Crippen molar-refractivity contribution in [3.63, 3.8) is 0 Å². The highest BCUT2D eigenvalue weighted by Crippen LogP contribution is 2.40. The minimum absolute atomic E-state index is 0.399. The number of ether oxygens (including phenoxy) is 3. The number of fused-ring (bicyclic) bond motifs is 3. The summed E-state index contributed by atoms with van der Waals surface area (Å²) in [5.74, 6) is 1.21. The van der Waals surface area contributed by atoms with Crippen LogP contribution in [-0.2, 0) is 11.2 Å². The summed E-state index contributed by atoms with van der Waals surface area (Å²) < 4.78 is 16.5. The third-order valence-corrected chi connectivity index (χ3v) is 5.90. The first-order valence-corrected chi connectivity index (χ1v) is 9.65. The molecule has 152 valence electrons. The zero-order chi connectivity index (χ0) is 20.6. The summed E-state index contributed by atoms with van der Waals surface area (Å²) in [5, 5.41) is 17.1. The summed E-state index contributed by atoms with van der Waals surface area (Å²) in [4.78, 5) is 12.1. The first kappa shape index (κ1) is 19.3. The van der Waals surface area contributed by atoms with E-state index in [4.69, 9.17) is 14.2 Å². The van der Waals surface area contributed by atoms with Gasteiger partial charge in [-0.3, -0.25) is 4.79 Å². The van der Waals surface area contributed by atoms with E-state index in [1.807, 2.05) is 30.3 Å². The topological polar surface area (TPSA) is 77.0 Å². The van der Waals surface area contributed by atoms with E-state index in [9.17, 15) is 9.90 Å². The molecule has 0 unspecified atom stereocenters. The van der Waals surface area contributed by atoms with Gasteiger partial charge in [0, 0.05) is 6.42 Å². The van der Waals surface area contributed by atoms with Crippen LogP contribution in [0.3, 0.4) is 0 Å². The largest absolute Gasteiger partial charge is 0.497 e. The van der Waals surface area contributed by atoms with Crippen LogP contribution in [0.1, 0.15) is 18.4 Å². The van der Waals surface area contributed by atoms with Crippen LogP contribution in [0.4, 0.5) is 0 Å². The number of benzene rings is 3. The van der Waals surface area contributed by atoms with Gasteiger partial charge in [-0.25, -0.2) is 0 Å². The molecule has 3 aromatic rings. The molecule has 2 N–H and O–H groups in total. The molecule has 1 aliphatic heterocycles. The molecule has 4 rings (SSSR count). The molecule has 0 aliphatic carbocycles. The lowest BCUT2D eigenvalue weighted by Crippen LogP contribution is -2.49. The van der Waals surface area contributed by atoms with E-state index in [0.29, 0.717) is 30.9 Å². The maximum atomic E-state index is 12.1. The molecule has 0 radical (unpaired) electrons. The Kier molecular flexibility index (Phi) is 4.96. The molecule has 1 aliphatic rings. The summed E-state index contributed by atoms with van der Waals surface area (Å²) in [6.45, 7) is 0.714. The fraction of sp³-hybridized carbons (Fsp3) is 0.348. The highest BCUT2D eigenvalue weighted by molar-refractivity contribution is 6.10. The van der Waals surface area contributed by atoms with Crippen molar-refractivity contribution in [2.45, 2.75) is 24.8 Å². The molecule has 1 saturated heterocycles. The smallest absolute Gasteiger partial charge is 0.324 e. The molecule has 0 aromatic heterocycles. The second-order valence-electron chi connectivity index (χ2n) is 7.47. The number of aliphatic carboxylic acids is 1. The Bertz CT molecular complexity index is 1090. The van der Waals surface area contributed by atoms with Crippen molar-refractivity contribution in [2.24, 2.45) is 0 Å². The number of carbonyl (C=O) groups is 1. The van der Waals surface area contributed by atoms with Gasteiger partial charge in [0.2, 0.25) is 0 Å². The zero-order valence-electron chi connectivity index (χ0n) is 16.9. The number of carboxylic acid groups (broad SMARTS) is 1. The summed E-state index contributed by atoms with van der Waals surface area (Å²) in [6, 6.07) is 11.9. The highest BCUT2D eigenvalue weighted by Gasteiger charge is 2.41. The molecule has 0 spiro atoms. The molecule has 29 heavy (non-hydrogen) atoms. The number of hydrogen-bond acceptors (Lipinski definition) is 5. The lowest BCUT2D eigenvalue weighted by Gasteiger charge is -2.26. The second-order valence-corrected chi connectivity index (χ2v) is 7.47. The SMILES string of the molecule is COc1ccc2cc(C[C@]3(C(=O)O)CCCN3)c3cc(OC)c(OC)cc3c2c1. The van der Waals surface area contributed by atoms with E-state index in [1.165, 1.54) is 0 Å². The predicted molar refractivity (Wildman–Crippen MR) is 112 cm³/mol. The monoisotopic (exact) mass is 395 g/mol. The Balaban J connectivity index is 2.01. The van der Waals surface area contributed by atoms with Crippen molar-refractivity contribution in [3.05, 3.63) is 42.0 Å². The van der Waals surface area contributed by atoms with Crippen LogP contribution in [0.2, 0.25) is 0 Å². The van der Waals surface area contributed by atoms with Gasteiger partial charge in [0.1, 0.15) is 11.3 Å². The Hall–Kier alpha value is -2.99. The Morgan fingerprint density at radius 1 is 1.00 bits per heavy atom. The van der Waals surface area contributed by atoms with E-state index in [0.717, 1.165) is 39.3 Å². The minimum Gasteiger partial charge on any atom is -0.497 e. The molecule has 0 saturated carbocycles. The van der Waals surface area contributed by atoms with Crippen LogP contribution >= 0.6 is 0 Å². The van der Waals surface area contributed by atoms with Crippen LogP contribution in [0.25, 0.3) is 21.5 Å². The zero-order valence-corrected chi connectivity index (χ0v) is 16.9. The van der Waals surface area contributed by atoms with Gasteiger partial charge < -0.3 is 24.6 Å². The van der Waals surface area contributed by atoms with E-state index in [1.54, 1.807) is 21.3 Å². The molecule has 6 nitrogen and oxygen atoms in total. The maximum Gasteiger partial charge on any atom is 0.324 e. The fourth-order valence-electron chi connectivity index (χ4n) is 4.34. The normalized spacial score (nSPS) is 18.9. The molecule has 1 atom stereocenters. The Morgan fingerprint density at radius 2 is 1.72 bits per heavy atom. The summed E-state index contributed by atoms with van der Waals surface area (Å²) in [5.41, 5.74) is 0.0238. The van der Waals surface area contributed by atoms with Gasteiger partial charge in [-0.2, -0.15) is 0 Å². The van der Waals surface area contributed by atoms with E-state index >= 15 is 0 Å². The van der Waals surface area contributed by atoms with Crippen molar-refractivity contribution >= 4 is 27.5 Å². The van der Waals surface area contributed by atoms with Gasteiger partial charge in [0.25, 0.3) is 0 Å². The van der Waals surface area contributed by atoms with Crippen LogP contribution in [-0.4, -0.2) is 44.5 Å². The molecule has 0 amide bonds. The van der Waals surface area contributed by atoms with E-state index in [2.05, 4.69) is 11.4 Å². The van der Waals surface area contributed by atoms with Gasteiger partial charge in [-0.15, -0.1) is 0 Å². The van der Waals surface area contributed by atoms with Crippen molar-refractivity contribution < 1.29 is 24.1 Å². The van der Waals surface area contributed by atoms with Crippen molar-refractivity contribution in [3.8, 4) is 17.2 Å². The number of methoxy groups -OCH3 is 3. The molecule has 3 aromatic carbocycles. The quantitative estimate of drug-likeness (QED) is 0.619. The lowest BCUT2D eigenvalue weighted by molar-refractivity contribution is -0.144. The number of nitrogens with one attached hydrogen (secondary N) is 1. The average Bonchev–Trinajstić information content (AvgIpc) is 3.22. The van der Waals surface area contributed by atoms with Crippen LogP contribution in [0.5, 0.6) is 17.2 Å². The van der Waals surface area contributed by atoms with Crippen molar-refractivity contribution in [1.29, 1.82) is 0 Å². The third kappa shape index (κ3) is 3.23. The van der Waals surface area contributed by atoms with Gasteiger partial charge >= 0.3 is 5.97 Å². The predicted octanol–water partition coefficient (Wildman–Crippen LogP) is 3.77. The van der Waals surface area contributed by atoms with E-state index < -0.39 is 11.5 Å². The maximum absolute atomic E-state index is 12.1. The molecule has 0 bridgehead atoms. The molecular formula is C23H25NO5. The van der Waals surface area contributed by atoms with Gasteiger partial charge in [-0.05, 0) is 70.8 Å². The van der Waals surface area contributed by atoms with Gasteiger partial charge in [-0.1, -0.05) is 12.1 Å². The first-order chi connectivity index (χ1) is 14.0. The molecule has 6 heteroatoms. The van der Waals surface area contributed by atoms with Crippen molar-refractivity contribution in [1.82, 2.24) is 5.32 Å². The summed E-state index contributed by atoms with van der Waals surface area (Å²) in [7, 11) is 4.85. The first-order valence-electron chi connectivity index (χ1n) is 9.65. The Labute approximate surface area is 169 Å². The summed E-state index contributed by atoms with van der Waals surface area (Å²) in [6.07, 6.45) is 1.86. The third-order valence-electron chi connectivity index (χ3n) is 5.90. The minimum atomic E-state index is -0.944. The second kappa shape index (κ2) is 7.44. The molecular weight excluding hydrogens is 370 g/mol. The summed E-state index contributed by atoms with van der Waals surface area (Å²) >= 11 is 0. The molecule has 1 fully saturated rings. The van der Waals surface area contributed by atoms with Gasteiger partial charge in [0.15, 0.2) is 11.5 Å². The number of hydrogen-bond donors (Lipinski definition) is 2. The van der Waals surface area contributed by atoms with Crippen molar-refractivity contribution in [2.75, 3.05) is 27.9 Å². The van der Waals surface area contributed by atoms with Crippen LogP contribution in [0.15, 0.2) is 36.4 Å². The van der Waals surface area contributed by atoms with Crippen LogP contribution < -0.4 is 19.5 Å². The lowest BCUT2D eigenvalue weighted by atomic mass is 9.85. The highest BCUT2D eigenvalue weighted by atomic mass is 16.5. The van der Waals surface area contributed by atoms with Crippen LogP contribution in [0, 0.1) is 0 Å². The molecule has 1 heterocycles.